The Balaban J connectivity index is 2.46. The molecular formula is C12H16BrClOS. The predicted octanol–water partition coefficient (Wildman–Crippen LogP) is 4.15. The fourth-order valence-electron chi connectivity index (χ4n) is 1.36. The second-order valence-electron chi connectivity index (χ2n) is 3.67. The van der Waals surface area contributed by atoms with Gasteiger partial charge in [-0.1, -0.05) is 40.5 Å². The maximum Gasteiger partial charge on any atom is 0.0671 e. The number of aliphatic hydroxyl groups is 1. The van der Waals surface area contributed by atoms with Crippen LogP contribution in [0, 0.1) is 0 Å². The number of rotatable bonds is 6. The first-order chi connectivity index (χ1) is 7.63. The Morgan fingerprint density at radius 2 is 2.25 bits per heavy atom. The van der Waals surface area contributed by atoms with Gasteiger partial charge in [0.2, 0.25) is 0 Å². The first-order valence-corrected chi connectivity index (χ1v) is 7.65. The van der Waals surface area contributed by atoms with Crippen LogP contribution in [-0.2, 0) is 6.42 Å². The topological polar surface area (TPSA) is 20.2 Å². The average molecular weight is 324 g/mol. The van der Waals surface area contributed by atoms with Crippen molar-refractivity contribution < 1.29 is 5.11 Å². The van der Waals surface area contributed by atoms with Crippen molar-refractivity contribution in [3.05, 3.63) is 33.3 Å². The summed E-state index contributed by atoms with van der Waals surface area (Å²) in [5, 5.41) is 10.5. The highest BCUT2D eigenvalue weighted by Crippen LogP contribution is 2.23. The molecule has 90 valence electrons. The Hall–Kier alpha value is 0.300. The second-order valence-corrected chi connectivity index (χ2v) is 6.14. The summed E-state index contributed by atoms with van der Waals surface area (Å²) in [6.45, 7) is 2.14. The van der Waals surface area contributed by atoms with Gasteiger partial charge < -0.3 is 5.11 Å². The van der Waals surface area contributed by atoms with E-state index in [0.29, 0.717) is 11.4 Å². The molecule has 0 aromatic heterocycles. The van der Waals surface area contributed by atoms with Gasteiger partial charge in [0.1, 0.15) is 0 Å². The Morgan fingerprint density at radius 1 is 1.50 bits per heavy atom. The molecule has 0 aliphatic rings. The summed E-state index contributed by atoms with van der Waals surface area (Å²) in [7, 11) is 0. The Labute approximate surface area is 115 Å². The van der Waals surface area contributed by atoms with E-state index in [1.54, 1.807) is 11.8 Å². The lowest BCUT2D eigenvalue weighted by molar-refractivity contribution is 0.200. The van der Waals surface area contributed by atoms with Crippen LogP contribution in [-0.4, -0.2) is 22.7 Å². The molecule has 0 radical (unpaired) electrons. The van der Waals surface area contributed by atoms with E-state index in [0.717, 1.165) is 28.0 Å². The highest BCUT2D eigenvalue weighted by Gasteiger charge is 2.08. The molecule has 16 heavy (non-hydrogen) atoms. The van der Waals surface area contributed by atoms with Crippen molar-refractivity contribution in [2.45, 2.75) is 25.9 Å². The van der Waals surface area contributed by atoms with E-state index in [1.807, 2.05) is 18.2 Å². The summed E-state index contributed by atoms with van der Waals surface area (Å²) in [4.78, 5) is 0. The number of aliphatic hydroxyl groups excluding tert-OH is 1. The van der Waals surface area contributed by atoms with Gasteiger partial charge in [0, 0.05) is 21.7 Å². The predicted molar refractivity (Wildman–Crippen MR) is 76.5 cm³/mol. The lowest BCUT2D eigenvalue weighted by Gasteiger charge is -2.11. The van der Waals surface area contributed by atoms with Crippen molar-refractivity contribution in [1.29, 1.82) is 0 Å². The Morgan fingerprint density at radius 3 is 2.88 bits per heavy atom. The molecule has 0 aliphatic carbocycles. The van der Waals surface area contributed by atoms with Crippen LogP contribution < -0.4 is 0 Å². The van der Waals surface area contributed by atoms with Crippen LogP contribution in [0.3, 0.4) is 0 Å². The standard InChI is InChI=1S/C12H16BrClOS/c1-2-5-16-8-11(15)6-9-3-4-10(13)7-12(9)14/h3-4,7,11,15H,2,5-6,8H2,1H3. The highest BCUT2D eigenvalue weighted by molar-refractivity contribution is 9.10. The van der Waals surface area contributed by atoms with Crippen molar-refractivity contribution in [3.63, 3.8) is 0 Å². The van der Waals surface area contributed by atoms with E-state index in [9.17, 15) is 5.11 Å². The largest absolute Gasteiger partial charge is 0.392 e. The summed E-state index contributed by atoms with van der Waals surface area (Å²) >= 11 is 11.2. The van der Waals surface area contributed by atoms with Crippen LogP contribution in [0.15, 0.2) is 22.7 Å². The molecule has 1 nitrogen and oxygen atoms in total. The fraction of sp³-hybridized carbons (Fsp3) is 0.500. The molecular weight excluding hydrogens is 308 g/mol. The van der Waals surface area contributed by atoms with Crippen molar-refractivity contribution in [2.75, 3.05) is 11.5 Å². The highest BCUT2D eigenvalue weighted by atomic mass is 79.9. The molecule has 0 heterocycles. The first-order valence-electron chi connectivity index (χ1n) is 5.33. The van der Waals surface area contributed by atoms with Gasteiger partial charge in [0.25, 0.3) is 0 Å². The van der Waals surface area contributed by atoms with Gasteiger partial charge in [-0.2, -0.15) is 11.8 Å². The van der Waals surface area contributed by atoms with Crippen LogP contribution in [0.25, 0.3) is 0 Å². The van der Waals surface area contributed by atoms with Crippen LogP contribution in [0.4, 0.5) is 0 Å². The number of hydrogen-bond acceptors (Lipinski definition) is 2. The zero-order valence-electron chi connectivity index (χ0n) is 9.25. The molecule has 0 fully saturated rings. The molecule has 1 N–H and O–H groups in total. The molecule has 1 atom stereocenters. The molecule has 0 saturated carbocycles. The van der Waals surface area contributed by atoms with Crippen molar-refractivity contribution in [3.8, 4) is 0 Å². The smallest absolute Gasteiger partial charge is 0.0671 e. The molecule has 1 aromatic rings. The van der Waals surface area contributed by atoms with Gasteiger partial charge in [-0.3, -0.25) is 0 Å². The maximum absolute atomic E-state index is 9.83. The molecule has 1 rings (SSSR count). The maximum atomic E-state index is 9.83. The lowest BCUT2D eigenvalue weighted by atomic mass is 10.1. The van der Waals surface area contributed by atoms with E-state index < -0.39 is 0 Å². The van der Waals surface area contributed by atoms with Crippen molar-refractivity contribution >= 4 is 39.3 Å². The quantitative estimate of drug-likeness (QED) is 0.794. The number of benzene rings is 1. The van der Waals surface area contributed by atoms with Gasteiger partial charge >= 0.3 is 0 Å². The van der Waals surface area contributed by atoms with E-state index in [4.69, 9.17) is 11.6 Å². The van der Waals surface area contributed by atoms with Gasteiger partial charge in [-0.25, -0.2) is 0 Å². The molecule has 1 aromatic carbocycles. The Bertz CT molecular complexity index is 333. The summed E-state index contributed by atoms with van der Waals surface area (Å²) in [6, 6.07) is 5.77. The van der Waals surface area contributed by atoms with Gasteiger partial charge in [-0.05, 0) is 29.9 Å². The minimum absolute atomic E-state index is 0.310. The van der Waals surface area contributed by atoms with E-state index in [1.165, 1.54) is 0 Å². The van der Waals surface area contributed by atoms with E-state index in [2.05, 4.69) is 22.9 Å². The third kappa shape index (κ3) is 5.09. The molecule has 4 heteroatoms. The average Bonchev–Trinajstić information content (AvgIpc) is 2.23. The minimum atomic E-state index is -0.310. The SMILES string of the molecule is CCCSCC(O)Cc1ccc(Br)cc1Cl. The summed E-state index contributed by atoms with van der Waals surface area (Å²) in [6.07, 6.45) is 1.47. The molecule has 0 saturated heterocycles. The number of hydrogen-bond donors (Lipinski definition) is 1. The molecule has 0 amide bonds. The zero-order chi connectivity index (χ0) is 12.0. The first kappa shape index (κ1) is 14.4. The van der Waals surface area contributed by atoms with Crippen molar-refractivity contribution in [2.24, 2.45) is 0 Å². The molecule has 0 spiro atoms. The Kier molecular flexibility index (Phi) is 6.81. The lowest BCUT2D eigenvalue weighted by Crippen LogP contribution is -2.14. The van der Waals surface area contributed by atoms with Gasteiger partial charge in [0.05, 0.1) is 6.10 Å². The fourth-order valence-corrected chi connectivity index (χ4v) is 2.96. The van der Waals surface area contributed by atoms with E-state index in [-0.39, 0.29) is 6.10 Å². The number of thioether (sulfide) groups is 1. The monoisotopic (exact) mass is 322 g/mol. The minimum Gasteiger partial charge on any atom is -0.392 e. The molecule has 0 aliphatic heterocycles. The molecule has 0 bridgehead atoms. The second kappa shape index (κ2) is 7.59. The third-order valence-electron chi connectivity index (χ3n) is 2.13. The van der Waals surface area contributed by atoms with Crippen LogP contribution in [0.2, 0.25) is 5.02 Å². The molecule has 1 unspecified atom stereocenters. The van der Waals surface area contributed by atoms with Crippen LogP contribution >= 0.6 is 39.3 Å². The van der Waals surface area contributed by atoms with Crippen LogP contribution in [0.5, 0.6) is 0 Å². The van der Waals surface area contributed by atoms with Gasteiger partial charge in [-0.15, -0.1) is 0 Å². The van der Waals surface area contributed by atoms with E-state index >= 15 is 0 Å². The number of halogens is 2. The van der Waals surface area contributed by atoms with Gasteiger partial charge in [0.15, 0.2) is 0 Å². The summed E-state index contributed by atoms with van der Waals surface area (Å²) < 4.78 is 0.969. The zero-order valence-corrected chi connectivity index (χ0v) is 12.4. The van der Waals surface area contributed by atoms with Crippen LogP contribution in [0.1, 0.15) is 18.9 Å². The van der Waals surface area contributed by atoms with Crippen molar-refractivity contribution in [1.82, 2.24) is 0 Å². The summed E-state index contributed by atoms with van der Waals surface area (Å²) in [5.41, 5.74) is 1.01. The third-order valence-corrected chi connectivity index (χ3v) is 4.29. The normalized spacial score (nSPS) is 12.8. The summed E-state index contributed by atoms with van der Waals surface area (Å²) in [5.74, 6) is 1.88.